The van der Waals surface area contributed by atoms with Crippen LogP contribution in [-0.4, -0.2) is 0 Å². The lowest BCUT2D eigenvalue weighted by Crippen LogP contribution is -2.13. The molecule has 0 saturated heterocycles. The zero-order chi connectivity index (χ0) is 90.3. The number of aryl methyl sites for hydroxylation is 25. The molecule has 0 aliphatic carbocycles. The summed E-state index contributed by atoms with van der Waals surface area (Å²) in [6, 6.07) is 112. The summed E-state index contributed by atoms with van der Waals surface area (Å²) in [6.45, 7) is 59.1. The molecule has 3 heteroatoms. The highest BCUT2D eigenvalue weighted by atomic mass is 79.9. The van der Waals surface area contributed by atoms with Crippen LogP contribution in [0.3, 0.4) is 0 Å². The van der Waals surface area contributed by atoms with E-state index in [1.165, 1.54) is 182 Å². The van der Waals surface area contributed by atoms with E-state index in [4.69, 9.17) is 11.6 Å². The van der Waals surface area contributed by atoms with Crippen molar-refractivity contribution in [2.24, 2.45) is 0 Å². The first-order valence-corrected chi connectivity index (χ1v) is 43.7. The molecule has 16 rings (SSSR count). The molecular weight excluding hydrogens is 1560 g/mol. The number of hydrogen-bond donors (Lipinski definition) is 0. The number of fused-ring (bicyclic) bond motifs is 3. The Labute approximate surface area is 750 Å². The molecule has 0 atom stereocenters. The molecule has 0 aromatic heterocycles. The molecule has 0 heterocycles. The molecule has 0 spiro atoms. The molecule has 0 N–H and O–H groups in total. The normalized spacial score (nSPS) is 10.1. The van der Waals surface area contributed by atoms with Gasteiger partial charge in [0.1, 0.15) is 5.82 Å². The van der Waals surface area contributed by atoms with Gasteiger partial charge in [0.05, 0.1) is 0 Å². The first-order valence-electron chi connectivity index (χ1n) is 42.6. The van der Waals surface area contributed by atoms with Gasteiger partial charge < -0.3 is 0 Å². The predicted octanol–water partition coefficient (Wildman–Crippen LogP) is 35.9. The van der Waals surface area contributed by atoms with Crippen LogP contribution in [0.2, 0.25) is 5.02 Å². The van der Waals surface area contributed by atoms with Gasteiger partial charge in [0.25, 0.3) is 0 Å². The van der Waals surface area contributed by atoms with E-state index in [9.17, 15) is 4.39 Å². The molecule has 0 aliphatic rings. The molecule has 0 fully saturated rings. The Bertz CT molecular complexity index is 5520. The third kappa shape index (κ3) is 38.0. The quantitative estimate of drug-likeness (QED) is 0.154. The molecule has 0 bridgehead atoms. The van der Waals surface area contributed by atoms with E-state index in [-0.39, 0.29) is 11.2 Å². The molecule has 0 radical (unpaired) electrons. The van der Waals surface area contributed by atoms with Crippen LogP contribution in [0.4, 0.5) is 4.39 Å². The van der Waals surface area contributed by atoms with Gasteiger partial charge >= 0.3 is 0 Å². The van der Waals surface area contributed by atoms with Crippen LogP contribution in [0.1, 0.15) is 165 Å². The molecule has 16 aromatic carbocycles. The van der Waals surface area contributed by atoms with E-state index >= 15 is 0 Å². The first kappa shape index (κ1) is 102. The Kier molecular flexibility index (Phi) is 43.0. The fraction of sp³-hybridized carbons (Fsp3) is 0.244. The van der Waals surface area contributed by atoms with E-state index in [2.05, 4.69) is 473 Å². The van der Waals surface area contributed by atoms with E-state index in [1.807, 2.05) is 39.0 Å². The second-order valence-corrected chi connectivity index (χ2v) is 35.2. The minimum atomic E-state index is -0.116. The SMILES string of the molecule is Cc1cc2ccccc2cc1C.Cc1ccc(C)c(-c2ccccc2)c1.Cc1ccc(C)c(Br)c1.Cc1ccc(C)c(C(C)(C)C)c1.Cc1ccc(C)c(C)c1.Cc1ccc(C)c(Cl)c1.Cc1ccc(C)c(F)c1.Cc1ccc(C)cc1.Cc1ccc2cc(C)ccc2c1.Cc1ccc2ccc(C)cc2c1.Cc1cccc(C)c1.Cc1ccccc1C. The number of rotatable bonds is 1. The molecular formula is C119H137BrClF. The highest BCUT2D eigenvalue weighted by molar-refractivity contribution is 9.10. The van der Waals surface area contributed by atoms with E-state index < -0.39 is 0 Å². The van der Waals surface area contributed by atoms with Crippen LogP contribution < -0.4 is 0 Å². The summed E-state index contributed by atoms with van der Waals surface area (Å²) in [5, 5.41) is 8.86. The Balaban J connectivity index is 0.000000238. The number of hydrogen-bond acceptors (Lipinski definition) is 0. The van der Waals surface area contributed by atoms with Gasteiger partial charge in [-0.1, -0.05) is 413 Å². The average Bonchev–Trinajstić information content (AvgIpc) is 0.834. The summed E-state index contributed by atoms with van der Waals surface area (Å²) < 4.78 is 13.8. The van der Waals surface area contributed by atoms with Crippen molar-refractivity contribution < 1.29 is 4.39 Å². The lowest BCUT2D eigenvalue weighted by atomic mass is 9.83. The van der Waals surface area contributed by atoms with Crippen LogP contribution in [0, 0.1) is 179 Å². The van der Waals surface area contributed by atoms with Gasteiger partial charge in [0.2, 0.25) is 0 Å². The maximum absolute atomic E-state index is 12.6. The third-order valence-electron chi connectivity index (χ3n) is 20.8. The third-order valence-corrected chi connectivity index (χ3v) is 22.1. The van der Waals surface area contributed by atoms with Gasteiger partial charge in [-0.05, 0) is 324 Å². The van der Waals surface area contributed by atoms with Crippen LogP contribution in [0.25, 0.3) is 43.4 Å². The minimum absolute atomic E-state index is 0.116. The summed E-state index contributed by atoms with van der Waals surface area (Å²) in [5.41, 5.74) is 36.6. The fourth-order valence-corrected chi connectivity index (χ4v) is 13.5. The zero-order valence-electron chi connectivity index (χ0n) is 78.7. The zero-order valence-corrected chi connectivity index (χ0v) is 81.1. The molecule has 16 aromatic rings. The molecule has 122 heavy (non-hydrogen) atoms. The Morgan fingerprint density at radius 1 is 0.205 bits per heavy atom. The molecule has 0 saturated carbocycles. The Morgan fingerprint density at radius 2 is 0.516 bits per heavy atom. The van der Waals surface area contributed by atoms with E-state index in [0.29, 0.717) is 5.56 Å². The van der Waals surface area contributed by atoms with Crippen LogP contribution in [0.15, 0.2) is 326 Å². The van der Waals surface area contributed by atoms with Crippen molar-refractivity contribution in [1.82, 2.24) is 0 Å². The fourth-order valence-electron chi connectivity index (χ4n) is 12.7. The van der Waals surface area contributed by atoms with Crippen LogP contribution in [0.5, 0.6) is 0 Å². The second-order valence-electron chi connectivity index (χ2n) is 34.0. The molecule has 0 nitrogen and oxygen atoms in total. The topological polar surface area (TPSA) is 0 Å². The van der Waals surface area contributed by atoms with Crippen molar-refractivity contribution in [3.05, 3.63) is 481 Å². The smallest absolute Gasteiger partial charge is 0.126 e. The summed E-state index contributed by atoms with van der Waals surface area (Å²) in [7, 11) is 0. The first-order chi connectivity index (χ1) is 57.6. The van der Waals surface area contributed by atoms with Crippen molar-refractivity contribution in [2.45, 2.75) is 199 Å². The molecule has 0 unspecified atom stereocenters. The van der Waals surface area contributed by atoms with E-state index in [1.54, 1.807) is 13.0 Å². The van der Waals surface area contributed by atoms with Gasteiger partial charge in [0, 0.05) is 9.50 Å². The Hall–Kier alpha value is -11.0. The van der Waals surface area contributed by atoms with Crippen molar-refractivity contribution in [3.8, 4) is 11.1 Å². The maximum Gasteiger partial charge on any atom is 0.126 e. The number of halogens is 3. The second kappa shape index (κ2) is 51.7. The van der Waals surface area contributed by atoms with Gasteiger partial charge in [-0.3, -0.25) is 0 Å². The standard InChI is InChI=1S/C14H14.3C12H12.C12H18.C9H12.C8H9Br.C8H9Cl.C8H9F.3C8H10/c1-11-8-9-12(2)14(10-11)13-6-4-3-5-7-13;1-9-3-5-12-8-10(2)4-6-11(12)7-9;1-9-3-5-11-6-4-10(2)8-12(11)7-9;1-9-7-11-5-3-4-6-12(11)8-10(9)2;1-9-6-7-10(2)11(8-9)12(3,4)5;1-7-4-5-8(2)9(3)6-7;3*1-6-3-4-7(2)8(9)5-6;1-7-3-5-8(2)6-4-7;1-7-4-3-5-8(2)6-7;1-7-5-3-4-6-8(7)2/h3-10H,1-2H3;3*3-8H,1-2H3;6-8H,1-5H3;4-6H,1-3H3;3*3-5H,1-2H3;3*3-6H,1-2H3. The predicted molar refractivity (Wildman–Crippen MR) is 545 cm³/mol. The maximum atomic E-state index is 12.6. The summed E-state index contributed by atoms with van der Waals surface area (Å²) in [4.78, 5) is 0. The lowest BCUT2D eigenvalue weighted by molar-refractivity contribution is 0.585. The molecule has 634 valence electrons. The van der Waals surface area contributed by atoms with Gasteiger partial charge in [-0.15, -0.1) is 0 Å². The van der Waals surface area contributed by atoms with E-state index in [0.717, 1.165) is 16.1 Å². The van der Waals surface area contributed by atoms with Crippen molar-refractivity contribution in [2.75, 3.05) is 0 Å². The summed E-state index contributed by atoms with van der Waals surface area (Å²) >= 11 is 9.26. The largest absolute Gasteiger partial charge is 0.207 e. The molecule has 0 amide bonds. The highest BCUT2D eigenvalue weighted by Crippen LogP contribution is 2.28. The average molecular weight is 1700 g/mol. The Morgan fingerprint density at radius 3 is 0.893 bits per heavy atom. The van der Waals surface area contributed by atoms with Gasteiger partial charge in [-0.25, -0.2) is 4.39 Å². The van der Waals surface area contributed by atoms with Gasteiger partial charge in [0.15, 0.2) is 0 Å². The van der Waals surface area contributed by atoms with Crippen molar-refractivity contribution in [3.63, 3.8) is 0 Å². The lowest BCUT2D eigenvalue weighted by Gasteiger charge is -2.22. The molecule has 0 aliphatic heterocycles. The van der Waals surface area contributed by atoms with Crippen LogP contribution >= 0.6 is 27.5 Å². The van der Waals surface area contributed by atoms with Crippen molar-refractivity contribution in [1.29, 1.82) is 0 Å². The van der Waals surface area contributed by atoms with Crippen molar-refractivity contribution >= 4 is 59.8 Å². The highest BCUT2D eigenvalue weighted by Gasteiger charge is 2.16. The van der Waals surface area contributed by atoms with Crippen LogP contribution in [-0.2, 0) is 5.41 Å². The van der Waals surface area contributed by atoms with Gasteiger partial charge in [-0.2, -0.15) is 0 Å². The summed E-state index contributed by atoms with van der Waals surface area (Å²) in [5.74, 6) is -0.116. The monoisotopic (exact) mass is 1700 g/mol. The summed E-state index contributed by atoms with van der Waals surface area (Å²) in [6.07, 6.45) is 0. The number of benzene rings is 16. The minimum Gasteiger partial charge on any atom is -0.207 e.